The lowest BCUT2D eigenvalue weighted by Crippen LogP contribution is -1.93. The minimum Gasteiger partial charge on any atom is -0.291 e. The smallest absolute Gasteiger partial charge is 0.156 e. The molecule has 0 aliphatic rings. The van der Waals surface area contributed by atoms with Crippen molar-refractivity contribution in [1.82, 2.24) is 9.38 Å². The van der Waals surface area contributed by atoms with Crippen molar-refractivity contribution < 1.29 is 0 Å². The van der Waals surface area contributed by atoms with Crippen molar-refractivity contribution in [1.29, 1.82) is 0 Å². The van der Waals surface area contributed by atoms with E-state index in [1.807, 2.05) is 11.3 Å². The Bertz CT molecular complexity index is 3150. The summed E-state index contributed by atoms with van der Waals surface area (Å²) in [6, 6.07) is 66.2. The Morgan fingerprint density at radius 2 is 0.962 bits per heavy atom. The van der Waals surface area contributed by atoms with Crippen molar-refractivity contribution in [3.05, 3.63) is 182 Å². The fraction of sp³-hybridized carbons (Fsp3) is 0. The molecule has 8 aromatic carbocycles. The van der Waals surface area contributed by atoms with E-state index in [9.17, 15) is 0 Å². The highest BCUT2D eigenvalue weighted by atomic mass is 32.1. The van der Waals surface area contributed by atoms with Crippen LogP contribution in [0.5, 0.6) is 0 Å². The number of thiophene rings is 1. The first-order chi connectivity index (χ1) is 25.8. The average molecular weight is 679 g/mol. The molecule has 0 aliphatic heterocycles. The third-order valence-electron chi connectivity index (χ3n) is 10.6. The summed E-state index contributed by atoms with van der Waals surface area (Å²) in [6.07, 6.45) is 0. The van der Waals surface area contributed by atoms with Gasteiger partial charge in [0.25, 0.3) is 0 Å². The molecular formula is C49H30N2S. The molecule has 242 valence electrons. The lowest BCUT2D eigenvalue weighted by atomic mass is 9.91. The molecule has 0 amide bonds. The van der Waals surface area contributed by atoms with E-state index in [2.05, 4.69) is 186 Å². The molecule has 3 aromatic heterocycles. The summed E-state index contributed by atoms with van der Waals surface area (Å²) in [7, 11) is 0. The Labute approximate surface area is 304 Å². The van der Waals surface area contributed by atoms with Gasteiger partial charge in [-0.05, 0) is 90.8 Å². The van der Waals surface area contributed by atoms with Crippen LogP contribution in [-0.2, 0) is 0 Å². The van der Waals surface area contributed by atoms with Crippen molar-refractivity contribution in [2.75, 3.05) is 0 Å². The molecule has 0 spiro atoms. The largest absolute Gasteiger partial charge is 0.291 e. The number of hydrogen-bond donors (Lipinski definition) is 0. The number of imidazole rings is 1. The van der Waals surface area contributed by atoms with Crippen molar-refractivity contribution >= 4 is 69.7 Å². The number of rotatable bonds is 4. The fourth-order valence-corrected chi connectivity index (χ4v) is 9.23. The van der Waals surface area contributed by atoms with Crippen LogP contribution in [0.15, 0.2) is 182 Å². The molecule has 52 heavy (non-hydrogen) atoms. The summed E-state index contributed by atoms with van der Waals surface area (Å²) in [6.45, 7) is 0. The maximum atomic E-state index is 5.22. The van der Waals surface area contributed by atoms with E-state index in [0.29, 0.717) is 0 Å². The quantitative estimate of drug-likeness (QED) is 0.181. The molecule has 0 saturated carbocycles. The lowest BCUT2D eigenvalue weighted by molar-refractivity contribution is 1.25. The first-order valence-corrected chi connectivity index (χ1v) is 18.5. The number of nitrogens with zero attached hydrogens (tertiary/aromatic N) is 2. The van der Waals surface area contributed by atoms with Crippen LogP contribution in [0, 0.1) is 0 Å². The Kier molecular flexibility index (Phi) is 6.46. The number of hydrogen-bond acceptors (Lipinski definition) is 2. The van der Waals surface area contributed by atoms with Gasteiger partial charge in [-0.2, -0.15) is 0 Å². The Morgan fingerprint density at radius 1 is 0.404 bits per heavy atom. The molecule has 3 heterocycles. The van der Waals surface area contributed by atoms with Crippen LogP contribution in [-0.4, -0.2) is 9.38 Å². The lowest BCUT2D eigenvalue weighted by Gasteiger charge is -2.14. The highest BCUT2D eigenvalue weighted by Gasteiger charge is 2.18. The SMILES string of the molecule is c1ccc(-c2ccc(-c3ccc(-c4ccc(-c5cc6c7cc8ccccc8cc7sc6c6nc7ccccc7n56)cc4)c4ccccc34)cc2)cc1. The van der Waals surface area contributed by atoms with E-state index in [1.165, 1.54) is 80.7 Å². The maximum Gasteiger partial charge on any atom is 0.156 e. The van der Waals surface area contributed by atoms with Gasteiger partial charge in [-0.15, -0.1) is 11.3 Å². The first kappa shape index (κ1) is 29.2. The fourth-order valence-electron chi connectivity index (χ4n) is 8.04. The predicted molar refractivity (Wildman–Crippen MR) is 222 cm³/mol. The van der Waals surface area contributed by atoms with Gasteiger partial charge in [-0.25, -0.2) is 4.98 Å². The monoisotopic (exact) mass is 678 g/mol. The molecular weight excluding hydrogens is 649 g/mol. The van der Waals surface area contributed by atoms with Crippen LogP contribution in [0.4, 0.5) is 0 Å². The highest BCUT2D eigenvalue weighted by Crippen LogP contribution is 2.43. The number of para-hydroxylation sites is 2. The number of aromatic nitrogens is 2. The minimum absolute atomic E-state index is 1.01. The molecule has 0 aliphatic carbocycles. The van der Waals surface area contributed by atoms with Crippen LogP contribution in [0.1, 0.15) is 0 Å². The highest BCUT2D eigenvalue weighted by molar-refractivity contribution is 7.26. The molecule has 0 unspecified atom stereocenters. The molecule has 0 fully saturated rings. The zero-order valence-electron chi connectivity index (χ0n) is 28.1. The molecule has 11 rings (SSSR count). The second-order valence-corrected chi connectivity index (χ2v) is 14.6. The van der Waals surface area contributed by atoms with Gasteiger partial charge >= 0.3 is 0 Å². The van der Waals surface area contributed by atoms with E-state index in [4.69, 9.17) is 4.98 Å². The summed E-state index contributed by atoms with van der Waals surface area (Å²) in [5.74, 6) is 0. The van der Waals surface area contributed by atoms with E-state index < -0.39 is 0 Å². The van der Waals surface area contributed by atoms with Crippen molar-refractivity contribution in [3.8, 4) is 44.6 Å². The van der Waals surface area contributed by atoms with Gasteiger partial charge in [0.05, 0.1) is 21.4 Å². The molecule has 3 heteroatoms. The molecule has 0 atom stereocenters. The van der Waals surface area contributed by atoms with Gasteiger partial charge in [0.15, 0.2) is 5.65 Å². The van der Waals surface area contributed by atoms with Crippen LogP contribution in [0.2, 0.25) is 0 Å². The normalized spacial score (nSPS) is 11.8. The van der Waals surface area contributed by atoms with Crippen LogP contribution in [0.3, 0.4) is 0 Å². The van der Waals surface area contributed by atoms with Gasteiger partial charge in [0.1, 0.15) is 0 Å². The average Bonchev–Trinajstić information content (AvgIpc) is 3.78. The minimum atomic E-state index is 1.01. The molecule has 11 aromatic rings. The molecule has 0 radical (unpaired) electrons. The van der Waals surface area contributed by atoms with Crippen LogP contribution >= 0.6 is 11.3 Å². The molecule has 0 saturated heterocycles. The van der Waals surface area contributed by atoms with Gasteiger partial charge in [0.2, 0.25) is 0 Å². The van der Waals surface area contributed by atoms with E-state index in [0.717, 1.165) is 22.4 Å². The topological polar surface area (TPSA) is 17.3 Å². The predicted octanol–water partition coefficient (Wildman–Crippen LogP) is 13.8. The molecule has 0 N–H and O–H groups in total. The molecule has 2 nitrogen and oxygen atoms in total. The van der Waals surface area contributed by atoms with E-state index in [1.54, 1.807) is 0 Å². The molecule has 0 bridgehead atoms. The standard InChI is InChI=1S/C49H30N2S/c1-2-10-31(11-3-1)32-18-20-33(21-19-32)38-26-27-39(41-15-7-6-14-40(38)41)34-22-24-35(25-23-34)46-30-43-42-28-36-12-4-5-13-37(36)29-47(42)52-48(43)49-50-44-16-8-9-17-45(44)51(46)49/h1-30H. The van der Waals surface area contributed by atoms with Gasteiger partial charge in [-0.1, -0.05) is 152 Å². The van der Waals surface area contributed by atoms with Crippen molar-refractivity contribution in [2.45, 2.75) is 0 Å². The third kappa shape index (κ3) is 4.53. The van der Waals surface area contributed by atoms with Gasteiger partial charge in [-0.3, -0.25) is 4.40 Å². The Morgan fingerprint density at radius 3 is 1.67 bits per heavy atom. The second kappa shape index (κ2) is 11.5. The zero-order valence-corrected chi connectivity index (χ0v) is 28.9. The summed E-state index contributed by atoms with van der Waals surface area (Å²) in [5.41, 5.74) is 12.8. The van der Waals surface area contributed by atoms with E-state index >= 15 is 0 Å². The third-order valence-corrected chi connectivity index (χ3v) is 11.8. The van der Waals surface area contributed by atoms with Crippen molar-refractivity contribution in [2.24, 2.45) is 0 Å². The Hall–Kier alpha value is -6.55. The van der Waals surface area contributed by atoms with Crippen LogP contribution < -0.4 is 0 Å². The number of pyridine rings is 1. The van der Waals surface area contributed by atoms with E-state index in [-0.39, 0.29) is 0 Å². The van der Waals surface area contributed by atoms with Gasteiger partial charge in [0, 0.05) is 15.5 Å². The van der Waals surface area contributed by atoms with Crippen molar-refractivity contribution in [3.63, 3.8) is 0 Å². The zero-order chi connectivity index (χ0) is 34.2. The summed E-state index contributed by atoms with van der Waals surface area (Å²) >= 11 is 1.84. The summed E-state index contributed by atoms with van der Waals surface area (Å²) in [5, 5.41) is 7.57. The Balaban J connectivity index is 1.04. The number of benzene rings is 8. The first-order valence-electron chi connectivity index (χ1n) is 17.7. The summed E-state index contributed by atoms with van der Waals surface area (Å²) in [4.78, 5) is 5.22. The summed E-state index contributed by atoms with van der Waals surface area (Å²) < 4.78 is 4.87. The van der Waals surface area contributed by atoms with Crippen LogP contribution in [0.25, 0.3) is 103 Å². The number of fused-ring (bicyclic) bond motifs is 9. The maximum absolute atomic E-state index is 5.22. The van der Waals surface area contributed by atoms with Gasteiger partial charge < -0.3 is 0 Å². The second-order valence-electron chi connectivity index (χ2n) is 13.6.